The van der Waals surface area contributed by atoms with E-state index >= 15 is 0 Å². The van der Waals surface area contributed by atoms with Gasteiger partial charge in [-0.1, -0.05) is 0 Å². The molecule has 1 amide bonds. The summed E-state index contributed by atoms with van der Waals surface area (Å²) in [5.74, 6) is 1.03. The lowest BCUT2D eigenvalue weighted by atomic mass is 10.1. The van der Waals surface area contributed by atoms with Gasteiger partial charge in [0.25, 0.3) is 5.91 Å². The molecule has 0 aliphatic heterocycles. The number of hydrogen-bond acceptors (Lipinski definition) is 6. The molecule has 1 unspecified atom stereocenters. The molecule has 7 nitrogen and oxygen atoms in total. The van der Waals surface area contributed by atoms with Gasteiger partial charge in [-0.2, -0.15) is 0 Å². The highest BCUT2D eigenvalue weighted by molar-refractivity contribution is 5.95. The van der Waals surface area contributed by atoms with Gasteiger partial charge in [0, 0.05) is 19.2 Å². The van der Waals surface area contributed by atoms with Crippen molar-refractivity contribution in [3.8, 4) is 17.2 Å². The molecule has 0 radical (unpaired) electrons. The van der Waals surface area contributed by atoms with Crippen molar-refractivity contribution in [2.24, 2.45) is 0 Å². The number of methoxy groups -OCH3 is 1. The first kappa shape index (κ1) is 21.1. The summed E-state index contributed by atoms with van der Waals surface area (Å²) in [6.45, 7) is 8.64. The Morgan fingerprint density at radius 3 is 2.04 bits per heavy atom. The summed E-state index contributed by atoms with van der Waals surface area (Å²) in [5, 5.41) is 12.8. The highest BCUT2D eigenvalue weighted by Crippen LogP contribution is 2.39. The van der Waals surface area contributed by atoms with Crippen LogP contribution in [0, 0.1) is 0 Å². The van der Waals surface area contributed by atoms with Crippen LogP contribution in [0.2, 0.25) is 0 Å². The zero-order valence-electron chi connectivity index (χ0n) is 15.7. The zero-order chi connectivity index (χ0) is 18.9. The molecular weight excluding hydrogens is 326 g/mol. The summed E-state index contributed by atoms with van der Waals surface area (Å²) in [6, 6.07) is 3.22. The standard InChI is InChI=1S/C18H29NO6/c1-6-23-14-9-13(10-15(24-7-2)16(14)25-8-3)17(20)19-11-18(4,21)12-22-5/h9-10,21H,6-8,11-12H2,1-5H3,(H,19,20). The molecule has 1 atom stereocenters. The normalized spacial score (nSPS) is 13.0. The first-order valence-electron chi connectivity index (χ1n) is 8.44. The van der Waals surface area contributed by atoms with Gasteiger partial charge < -0.3 is 29.4 Å². The van der Waals surface area contributed by atoms with E-state index in [0.717, 1.165) is 0 Å². The molecule has 0 aliphatic carbocycles. The van der Waals surface area contributed by atoms with E-state index in [0.29, 0.717) is 42.6 Å². The zero-order valence-corrected chi connectivity index (χ0v) is 15.7. The molecule has 0 bridgehead atoms. The lowest BCUT2D eigenvalue weighted by Crippen LogP contribution is -2.43. The third-order valence-corrected chi connectivity index (χ3v) is 3.26. The van der Waals surface area contributed by atoms with Crippen molar-refractivity contribution in [1.29, 1.82) is 0 Å². The van der Waals surface area contributed by atoms with E-state index < -0.39 is 5.60 Å². The maximum absolute atomic E-state index is 12.5. The molecule has 142 valence electrons. The number of nitrogens with one attached hydrogen (secondary N) is 1. The Morgan fingerprint density at radius 1 is 1.08 bits per heavy atom. The van der Waals surface area contributed by atoms with E-state index in [1.54, 1.807) is 19.1 Å². The topological polar surface area (TPSA) is 86.3 Å². The van der Waals surface area contributed by atoms with Crippen molar-refractivity contribution in [3.05, 3.63) is 17.7 Å². The summed E-state index contributed by atoms with van der Waals surface area (Å²) in [4.78, 5) is 12.5. The van der Waals surface area contributed by atoms with Gasteiger partial charge in [0.2, 0.25) is 5.75 Å². The van der Waals surface area contributed by atoms with Gasteiger partial charge in [-0.3, -0.25) is 4.79 Å². The maximum Gasteiger partial charge on any atom is 0.251 e. The van der Waals surface area contributed by atoms with E-state index in [9.17, 15) is 9.90 Å². The molecule has 25 heavy (non-hydrogen) atoms. The minimum absolute atomic E-state index is 0.0564. The number of benzene rings is 1. The minimum atomic E-state index is -1.15. The number of amides is 1. The molecule has 0 spiro atoms. The molecule has 0 saturated carbocycles. The molecule has 0 saturated heterocycles. The van der Waals surface area contributed by atoms with Crippen LogP contribution in [0.4, 0.5) is 0 Å². The lowest BCUT2D eigenvalue weighted by Gasteiger charge is -2.23. The number of rotatable bonds is 11. The number of carbonyl (C=O) groups is 1. The van der Waals surface area contributed by atoms with Crippen LogP contribution >= 0.6 is 0 Å². The fourth-order valence-electron chi connectivity index (χ4n) is 2.25. The van der Waals surface area contributed by atoms with E-state index in [-0.39, 0.29) is 19.1 Å². The van der Waals surface area contributed by atoms with Gasteiger partial charge in [0.05, 0.1) is 26.4 Å². The summed E-state index contributed by atoms with van der Waals surface area (Å²) in [6.07, 6.45) is 0. The van der Waals surface area contributed by atoms with Crippen LogP contribution in [0.5, 0.6) is 17.2 Å². The highest BCUT2D eigenvalue weighted by atomic mass is 16.5. The quantitative estimate of drug-likeness (QED) is 0.631. The molecule has 1 aromatic carbocycles. The second-order valence-corrected chi connectivity index (χ2v) is 5.71. The van der Waals surface area contributed by atoms with Crippen LogP contribution in [0.15, 0.2) is 12.1 Å². The Morgan fingerprint density at radius 2 is 1.60 bits per heavy atom. The molecule has 0 aliphatic rings. The van der Waals surface area contributed by atoms with Crippen LogP contribution in [-0.4, -0.2) is 56.7 Å². The fraction of sp³-hybridized carbons (Fsp3) is 0.611. The monoisotopic (exact) mass is 355 g/mol. The average molecular weight is 355 g/mol. The van der Waals surface area contributed by atoms with Crippen molar-refractivity contribution in [1.82, 2.24) is 5.32 Å². The summed E-state index contributed by atoms with van der Waals surface area (Å²) in [7, 11) is 1.49. The third-order valence-electron chi connectivity index (χ3n) is 3.26. The Kier molecular flexibility index (Phi) is 8.51. The highest BCUT2D eigenvalue weighted by Gasteiger charge is 2.23. The van der Waals surface area contributed by atoms with Crippen LogP contribution in [0.1, 0.15) is 38.1 Å². The van der Waals surface area contributed by atoms with Crippen molar-refractivity contribution in [2.75, 3.05) is 40.1 Å². The van der Waals surface area contributed by atoms with Gasteiger partial charge in [-0.05, 0) is 39.8 Å². The number of hydrogen-bond donors (Lipinski definition) is 2. The molecule has 7 heteroatoms. The first-order valence-corrected chi connectivity index (χ1v) is 8.44. The van der Waals surface area contributed by atoms with Crippen molar-refractivity contribution in [2.45, 2.75) is 33.3 Å². The van der Waals surface area contributed by atoms with Crippen molar-refractivity contribution in [3.63, 3.8) is 0 Å². The molecule has 0 heterocycles. The molecule has 1 rings (SSSR count). The fourth-order valence-corrected chi connectivity index (χ4v) is 2.25. The number of ether oxygens (including phenoxy) is 4. The van der Waals surface area contributed by atoms with Crippen molar-refractivity contribution < 1.29 is 28.8 Å². The molecule has 0 aromatic heterocycles. The SMILES string of the molecule is CCOc1cc(C(=O)NCC(C)(O)COC)cc(OCC)c1OCC. The number of carbonyl (C=O) groups excluding carboxylic acids is 1. The summed E-state index contributed by atoms with van der Waals surface area (Å²) >= 11 is 0. The van der Waals surface area contributed by atoms with Crippen LogP contribution in [0.3, 0.4) is 0 Å². The predicted octanol–water partition coefficient (Wildman–Crippen LogP) is 2.01. The number of aliphatic hydroxyl groups is 1. The second-order valence-electron chi connectivity index (χ2n) is 5.71. The average Bonchev–Trinajstić information content (AvgIpc) is 2.55. The Labute approximate surface area is 149 Å². The van der Waals surface area contributed by atoms with E-state index in [1.807, 2.05) is 20.8 Å². The smallest absolute Gasteiger partial charge is 0.251 e. The van der Waals surface area contributed by atoms with E-state index in [1.165, 1.54) is 7.11 Å². The van der Waals surface area contributed by atoms with Gasteiger partial charge in [-0.15, -0.1) is 0 Å². The van der Waals surface area contributed by atoms with Gasteiger partial charge >= 0.3 is 0 Å². The van der Waals surface area contributed by atoms with Crippen molar-refractivity contribution >= 4 is 5.91 Å². The van der Waals surface area contributed by atoms with Crippen LogP contribution in [-0.2, 0) is 4.74 Å². The van der Waals surface area contributed by atoms with Gasteiger partial charge in [-0.25, -0.2) is 0 Å². The Balaban J connectivity index is 3.07. The van der Waals surface area contributed by atoms with Crippen LogP contribution in [0.25, 0.3) is 0 Å². The van der Waals surface area contributed by atoms with Gasteiger partial charge in [0.15, 0.2) is 11.5 Å². The lowest BCUT2D eigenvalue weighted by molar-refractivity contribution is -0.0147. The van der Waals surface area contributed by atoms with E-state index in [4.69, 9.17) is 18.9 Å². The van der Waals surface area contributed by atoms with Crippen LogP contribution < -0.4 is 19.5 Å². The predicted molar refractivity (Wildman–Crippen MR) is 94.8 cm³/mol. The van der Waals surface area contributed by atoms with E-state index in [2.05, 4.69) is 5.32 Å². The molecule has 2 N–H and O–H groups in total. The summed E-state index contributed by atoms with van der Waals surface area (Å²) in [5.41, 5.74) is -0.787. The Hall–Kier alpha value is -1.99. The third kappa shape index (κ3) is 6.43. The minimum Gasteiger partial charge on any atom is -0.490 e. The second kappa shape index (κ2) is 10.1. The largest absolute Gasteiger partial charge is 0.490 e. The summed E-state index contributed by atoms with van der Waals surface area (Å²) < 4.78 is 21.7. The Bertz CT molecular complexity index is 531. The maximum atomic E-state index is 12.5. The molecule has 1 aromatic rings. The van der Waals surface area contributed by atoms with Gasteiger partial charge in [0.1, 0.15) is 5.60 Å². The first-order chi connectivity index (χ1) is 11.9. The molecule has 0 fully saturated rings. The molecular formula is C18H29NO6.